The van der Waals surface area contributed by atoms with E-state index in [0.29, 0.717) is 22.8 Å². The highest BCUT2D eigenvalue weighted by Crippen LogP contribution is 2.22. The largest absolute Gasteiger partial charge is 0.298 e. The molecule has 0 aliphatic heterocycles. The molecule has 0 unspecified atom stereocenters. The molecule has 0 radical (unpaired) electrons. The third-order valence-corrected chi connectivity index (χ3v) is 3.62. The Labute approximate surface area is 127 Å². The first-order chi connectivity index (χ1) is 10.3. The molecule has 0 aliphatic rings. The van der Waals surface area contributed by atoms with Crippen LogP contribution in [0.1, 0.15) is 15.9 Å². The molecule has 0 amide bonds. The van der Waals surface area contributed by atoms with Crippen molar-refractivity contribution in [2.45, 2.75) is 6.54 Å². The van der Waals surface area contributed by atoms with Crippen LogP contribution in [0.3, 0.4) is 0 Å². The van der Waals surface area contributed by atoms with Gasteiger partial charge in [0.2, 0.25) is 0 Å². The maximum Gasteiger partial charge on any atom is 0.153 e. The van der Waals surface area contributed by atoms with Gasteiger partial charge in [-0.2, -0.15) is 5.10 Å². The lowest BCUT2D eigenvalue weighted by Gasteiger charge is -2.04. The zero-order valence-electron chi connectivity index (χ0n) is 11.2. The van der Waals surface area contributed by atoms with E-state index >= 15 is 0 Å². The lowest BCUT2D eigenvalue weighted by Crippen LogP contribution is -2.00. The monoisotopic (exact) mass is 296 g/mol. The van der Waals surface area contributed by atoms with Crippen molar-refractivity contribution in [1.82, 2.24) is 9.78 Å². The minimum absolute atomic E-state index is 0.535. The molecule has 104 valence electrons. The van der Waals surface area contributed by atoms with E-state index in [-0.39, 0.29) is 0 Å². The summed E-state index contributed by atoms with van der Waals surface area (Å²) in [5, 5.41) is 5.21. The first-order valence-corrected chi connectivity index (χ1v) is 6.97. The van der Waals surface area contributed by atoms with Crippen molar-refractivity contribution in [2.75, 3.05) is 0 Å². The summed E-state index contributed by atoms with van der Waals surface area (Å²) in [7, 11) is 0. The van der Waals surface area contributed by atoms with Crippen LogP contribution in [0.5, 0.6) is 0 Å². The highest BCUT2D eigenvalue weighted by atomic mass is 35.5. The second kappa shape index (κ2) is 5.94. The fourth-order valence-electron chi connectivity index (χ4n) is 2.23. The van der Waals surface area contributed by atoms with E-state index in [1.807, 2.05) is 54.6 Å². The van der Waals surface area contributed by atoms with Gasteiger partial charge >= 0.3 is 0 Å². The van der Waals surface area contributed by atoms with E-state index in [1.54, 1.807) is 10.9 Å². The van der Waals surface area contributed by atoms with Crippen molar-refractivity contribution >= 4 is 17.9 Å². The number of halogens is 1. The summed E-state index contributed by atoms with van der Waals surface area (Å²) >= 11 is 6.16. The zero-order chi connectivity index (χ0) is 14.7. The second-order valence-electron chi connectivity index (χ2n) is 4.71. The molecule has 2 aromatic carbocycles. The summed E-state index contributed by atoms with van der Waals surface area (Å²) in [4.78, 5) is 11.3. The number of aromatic nitrogens is 2. The predicted molar refractivity (Wildman–Crippen MR) is 83.6 cm³/mol. The Morgan fingerprint density at radius 2 is 1.76 bits per heavy atom. The van der Waals surface area contributed by atoms with Gasteiger partial charge < -0.3 is 0 Å². The Morgan fingerprint density at radius 3 is 2.48 bits per heavy atom. The third kappa shape index (κ3) is 2.88. The number of carbonyl (C=O) groups excluding carboxylic acids is 1. The maximum atomic E-state index is 11.3. The van der Waals surface area contributed by atoms with Gasteiger partial charge in [-0.15, -0.1) is 0 Å². The molecule has 0 bridgehead atoms. The van der Waals surface area contributed by atoms with Crippen LogP contribution >= 0.6 is 11.6 Å². The van der Waals surface area contributed by atoms with Gasteiger partial charge in [-0.25, -0.2) is 0 Å². The Morgan fingerprint density at radius 1 is 1.05 bits per heavy atom. The topological polar surface area (TPSA) is 34.9 Å². The number of carbonyl (C=O) groups is 1. The van der Waals surface area contributed by atoms with Crippen LogP contribution in [0.4, 0.5) is 0 Å². The average Bonchev–Trinajstić information content (AvgIpc) is 2.93. The van der Waals surface area contributed by atoms with Gasteiger partial charge in [-0.3, -0.25) is 9.48 Å². The normalized spacial score (nSPS) is 10.5. The van der Waals surface area contributed by atoms with Gasteiger partial charge in [0.25, 0.3) is 0 Å². The zero-order valence-corrected chi connectivity index (χ0v) is 12.0. The van der Waals surface area contributed by atoms with Gasteiger partial charge in [0.05, 0.1) is 12.1 Å². The van der Waals surface area contributed by atoms with E-state index in [9.17, 15) is 4.79 Å². The lowest BCUT2D eigenvalue weighted by atomic mass is 10.1. The summed E-state index contributed by atoms with van der Waals surface area (Å²) in [5.41, 5.74) is 3.17. The predicted octanol–water partition coefficient (Wildman–Crippen LogP) is 4.06. The quantitative estimate of drug-likeness (QED) is 0.680. The summed E-state index contributed by atoms with van der Waals surface area (Å²) in [6, 6.07) is 17.3. The number of hydrogen-bond acceptors (Lipinski definition) is 2. The molecule has 0 spiro atoms. The van der Waals surface area contributed by atoms with E-state index in [2.05, 4.69) is 5.10 Å². The highest BCUT2D eigenvalue weighted by molar-refractivity contribution is 6.31. The average molecular weight is 297 g/mol. The van der Waals surface area contributed by atoms with Crippen molar-refractivity contribution in [3.63, 3.8) is 0 Å². The van der Waals surface area contributed by atoms with Crippen LogP contribution in [0.2, 0.25) is 5.02 Å². The summed E-state index contributed by atoms with van der Waals surface area (Å²) in [6.45, 7) is 0.535. The standard InChI is InChI=1S/C17H13ClN2O/c18-16-9-5-4-8-14(16)10-20-11-15(12-21)17(19-20)13-6-2-1-3-7-13/h1-9,11-12H,10H2. The molecule has 0 saturated carbocycles. The van der Waals surface area contributed by atoms with Crippen LogP contribution in [0.25, 0.3) is 11.3 Å². The first-order valence-electron chi connectivity index (χ1n) is 6.59. The Kier molecular flexibility index (Phi) is 3.84. The van der Waals surface area contributed by atoms with Gasteiger partial charge in [0, 0.05) is 16.8 Å². The third-order valence-electron chi connectivity index (χ3n) is 3.25. The number of benzene rings is 2. The van der Waals surface area contributed by atoms with E-state index < -0.39 is 0 Å². The molecular weight excluding hydrogens is 284 g/mol. The molecule has 0 saturated heterocycles. The van der Waals surface area contributed by atoms with Crippen molar-refractivity contribution < 1.29 is 4.79 Å². The molecule has 1 heterocycles. The molecule has 3 rings (SSSR count). The Balaban J connectivity index is 1.97. The molecule has 4 heteroatoms. The Bertz CT molecular complexity index is 765. The summed E-state index contributed by atoms with van der Waals surface area (Å²) in [5.74, 6) is 0. The lowest BCUT2D eigenvalue weighted by molar-refractivity contribution is 0.112. The number of aldehydes is 1. The van der Waals surface area contributed by atoms with Gasteiger partial charge in [-0.1, -0.05) is 60.1 Å². The Hall–Kier alpha value is -2.39. The maximum absolute atomic E-state index is 11.3. The molecule has 21 heavy (non-hydrogen) atoms. The van der Waals surface area contributed by atoms with Crippen molar-refractivity contribution in [2.24, 2.45) is 0 Å². The van der Waals surface area contributed by atoms with Gasteiger partial charge in [0.15, 0.2) is 6.29 Å². The number of nitrogens with zero attached hydrogens (tertiary/aromatic N) is 2. The van der Waals surface area contributed by atoms with Crippen molar-refractivity contribution in [3.8, 4) is 11.3 Å². The van der Waals surface area contributed by atoms with Crippen LogP contribution < -0.4 is 0 Å². The molecular formula is C17H13ClN2O. The van der Waals surface area contributed by atoms with Crippen LogP contribution in [-0.2, 0) is 6.54 Å². The van der Waals surface area contributed by atoms with Crippen molar-refractivity contribution in [3.05, 3.63) is 76.9 Å². The van der Waals surface area contributed by atoms with E-state index in [0.717, 1.165) is 17.4 Å². The number of hydrogen-bond donors (Lipinski definition) is 0. The smallest absolute Gasteiger partial charge is 0.153 e. The minimum Gasteiger partial charge on any atom is -0.298 e. The fourth-order valence-corrected chi connectivity index (χ4v) is 2.42. The molecule has 0 aliphatic carbocycles. The molecule has 3 aromatic rings. The molecule has 0 atom stereocenters. The van der Waals surface area contributed by atoms with E-state index in [1.165, 1.54) is 0 Å². The fraction of sp³-hybridized carbons (Fsp3) is 0.0588. The second-order valence-corrected chi connectivity index (χ2v) is 5.11. The number of rotatable bonds is 4. The van der Waals surface area contributed by atoms with Crippen LogP contribution in [0.15, 0.2) is 60.8 Å². The highest BCUT2D eigenvalue weighted by Gasteiger charge is 2.11. The summed E-state index contributed by atoms with van der Waals surface area (Å²) in [6.07, 6.45) is 2.58. The SMILES string of the molecule is O=Cc1cn(Cc2ccccc2Cl)nc1-c1ccccc1. The van der Waals surface area contributed by atoms with Gasteiger partial charge in [0.1, 0.15) is 5.69 Å². The van der Waals surface area contributed by atoms with Crippen molar-refractivity contribution in [1.29, 1.82) is 0 Å². The molecule has 0 N–H and O–H groups in total. The summed E-state index contributed by atoms with van der Waals surface area (Å²) < 4.78 is 1.74. The molecule has 3 nitrogen and oxygen atoms in total. The van der Waals surface area contributed by atoms with Crippen LogP contribution in [-0.4, -0.2) is 16.1 Å². The molecule has 1 aromatic heterocycles. The minimum atomic E-state index is 0.535. The first kappa shape index (κ1) is 13.6. The van der Waals surface area contributed by atoms with E-state index in [4.69, 9.17) is 11.6 Å². The van der Waals surface area contributed by atoms with Crippen LogP contribution in [0, 0.1) is 0 Å². The molecule has 0 fully saturated rings. The van der Waals surface area contributed by atoms with Gasteiger partial charge in [-0.05, 0) is 11.6 Å².